The molecule has 4 atom stereocenters. The van der Waals surface area contributed by atoms with Crippen LogP contribution in [-0.4, -0.2) is 35.3 Å². The van der Waals surface area contributed by atoms with E-state index in [4.69, 9.17) is 4.74 Å². The largest absolute Gasteiger partial charge is 0.486 e. The molecule has 2 aromatic carbocycles. The number of nitrogens with one attached hydrogen (secondary N) is 2. The smallest absolute Gasteiger partial charge is 0.251 e. The van der Waals surface area contributed by atoms with Gasteiger partial charge in [-0.2, -0.15) is 0 Å². The Labute approximate surface area is 140 Å². The summed E-state index contributed by atoms with van der Waals surface area (Å²) in [5.41, 5.74) is 1.48. The molecule has 5 heteroatoms. The first kappa shape index (κ1) is 15.0. The lowest BCUT2D eigenvalue weighted by molar-refractivity contribution is 0.00960. The maximum Gasteiger partial charge on any atom is 0.251 e. The zero-order chi connectivity index (χ0) is 16.5. The Kier molecular flexibility index (Phi) is 3.86. The Morgan fingerprint density at radius 2 is 1.83 bits per heavy atom. The Hall–Kier alpha value is -2.53. The second-order valence-electron chi connectivity index (χ2n) is 6.34. The van der Waals surface area contributed by atoms with Crippen LogP contribution >= 0.6 is 0 Å². The number of aliphatic hydroxyl groups excluding tert-OH is 1. The van der Waals surface area contributed by atoms with Gasteiger partial charge in [0.1, 0.15) is 11.9 Å². The molecule has 0 aromatic heterocycles. The van der Waals surface area contributed by atoms with Crippen LogP contribution in [0.15, 0.2) is 54.6 Å². The molecule has 5 nitrogen and oxygen atoms in total. The number of para-hydroxylation sites is 2. The molecule has 0 spiro atoms. The summed E-state index contributed by atoms with van der Waals surface area (Å²) in [6.07, 6.45) is 0.678. The summed E-state index contributed by atoms with van der Waals surface area (Å²) in [5, 5.41) is 17.1. The second-order valence-corrected chi connectivity index (χ2v) is 6.34. The lowest BCUT2D eigenvalue weighted by Crippen LogP contribution is -2.61. The van der Waals surface area contributed by atoms with Crippen LogP contribution in [0.4, 0.5) is 5.69 Å². The first-order chi connectivity index (χ1) is 11.7. The lowest BCUT2D eigenvalue weighted by atomic mass is 9.84. The van der Waals surface area contributed by atoms with Crippen molar-refractivity contribution in [2.24, 2.45) is 0 Å². The molecule has 2 aromatic rings. The minimum Gasteiger partial charge on any atom is -0.486 e. The number of hydrogen-bond donors (Lipinski definition) is 3. The molecule has 1 fully saturated rings. The first-order valence-corrected chi connectivity index (χ1v) is 8.28. The molecule has 0 saturated heterocycles. The molecular weight excluding hydrogens is 304 g/mol. The number of rotatable bonds is 2. The predicted octanol–water partition coefficient (Wildman–Crippen LogP) is 2.18. The highest BCUT2D eigenvalue weighted by atomic mass is 16.5. The Morgan fingerprint density at radius 3 is 2.67 bits per heavy atom. The molecular formula is C19H20N2O3. The summed E-state index contributed by atoms with van der Waals surface area (Å²) < 4.78 is 6.01. The molecule has 1 aliphatic heterocycles. The highest BCUT2D eigenvalue weighted by Crippen LogP contribution is 2.36. The highest BCUT2D eigenvalue weighted by Gasteiger charge is 2.43. The fraction of sp³-hybridized carbons (Fsp3) is 0.316. The van der Waals surface area contributed by atoms with Crippen LogP contribution in [0.25, 0.3) is 0 Å². The van der Waals surface area contributed by atoms with Crippen LogP contribution < -0.4 is 15.4 Å². The molecule has 1 aliphatic carbocycles. The van der Waals surface area contributed by atoms with Crippen molar-refractivity contribution < 1.29 is 14.6 Å². The summed E-state index contributed by atoms with van der Waals surface area (Å²) >= 11 is 0. The minimum absolute atomic E-state index is 0.0835. The van der Waals surface area contributed by atoms with Gasteiger partial charge in [-0.05, 0) is 37.1 Å². The molecule has 0 bridgehead atoms. The Balaban J connectivity index is 1.48. The number of benzene rings is 2. The van der Waals surface area contributed by atoms with Crippen LogP contribution in [0.2, 0.25) is 0 Å². The van der Waals surface area contributed by atoms with Gasteiger partial charge < -0.3 is 20.5 Å². The summed E-state index contributed by atoms with van der Waals surface area (Å²) in [6, 6.07) is 16.3. The lowest BCUT2D eigenvalue weighted by Gasteiger charge is -2.44. The van der Waals surface area contributed by atoms with Crippen LogP contribution in [0.3, 0.4) is 0 Å². The van der Waals surface area contributed by atoms with Gasteiger partial charge in [-0.3, -0.25) is 4.79 Å². The molecule has 1 heterocycles. The van der Waals surface area contributed by atoms with E-state index in [1.165, 1.54) is 0 Å². The van der Waals surface area contributed by atoms with Crippen molar-refractivity contribution in [2.75, 3.05) is 5.32 Å². The van der Waals surface area contributed by atoms with E-state index in [1.54, 1.807) is 12.1 Å². The fourth-order valence-electron chi connectivity index (χ4n) is 3.50. The number of carbonyl (C=O) groups excluding carboxylic acids is 1. The van der Waals surface area contributed by atoms with Gasteiger partial charge in [-0.1, -0.05) is 30.3 Å². The molecule has 1 amide bonds. The molecule has 2 aliphatic rings. The van der Waals surface area contributed by atoms with Gasteiger partial charge in [0, 0.05) is 5.56 Å². The quantitative estimate of drug-likeness (QED) is 0.792. The maximum atomic E-state index is 12.3. The maximum absolute atomic E-state index is 12.3. The van der Waals surface area contributed by atoms with Crippen molar-refractivity contribution >= 4 is 11.6 Å². The molecule has 3 N–H and O–H groups in total. The summed E-state index contributed by atoms with van der Waals surface area (Å²) in [4.78, 5) is 12.3. The fourth-order valence-corrected chi connectivity index (χ4v) is 3.50. The van der Waals surface area contributed by atoms with Crippen molar-refractivity contribution in [1.82, 2.24) is 5.32 Å². The zero-order valence-electron chi connectivity index (χ0n) is 13.2. The SMILES string of the molecule is O=C(N[C@@H]1CC[C@H]2Oc3ccccc3N[C@H]2[C@@H]1O)c1ccccc1. The van der Waals surface area contributed by atoms with E-state index in [9.17, 15) is 9.90 Å². The van der Waals surface area contributed by atoms with E-state index < -0.39 is 6.10 Å². The van der Waals surface area contributed by atoms with Crippen molar-refractivity contribution in [3.8, 4) is 5.75 Å². The third-order valence-corrected chi connectivity index (χ3v) is 4.78. The number of anilines is 1. The van der Waals surface area contributed by atoms with E-state index in [2.05, 4.69) is 10.6 Å². The van der Waals surface area contributed by atoms with Crippen molar-refractivity contribution in [3.05, 3.63) is 60.2 Å². The molecule has 24 heavy (non-hydrogen) atoms. The molecule has 0 radical (unpaired) electrons. The standard InChI is InChI=1S/C19H20N2O3/c22-18-14(21-19(23)12-6-2-1-3-7-12)10-11-16-17(18)20-13-8-4-5-9-15(13)24-16/h1-9,14,16-18,20,22H,10-11H2,(H,21,23)/t14-,16-,17-,18-/m1/s1. The van der Waals surface area contributed by atoms with Crippen LogP contribution in [0.5, 0.6) is 5.75 Å². The third kappa shape index (κ3) is 2.71. The average molecular weight is 324 g/mol. The summed E-state index contributed by atoms with van der Waals surface area (Å²) in [5.74, 6) is 0.660. The molecule has 0 unspecified atom stereocenters. The van der Waals surface area contributed by atoms with Gasteiger partial charge in [0.25, 0.3) is 5.91 Å². The van der Waals surface area contributed by atoms with Crippen LogP contribution in [-0.2, 0) is 0 Å². The van der Waals surface area contributed by atoms with E-state index in [-0.39, 0.29) is 24.1 Å². The molecule has 4 rings (SSSR count). The van der Waals surface area contributed by atoms with Gasteiger partial charge in [0.15, 0.2) is 0 Å². The minimum atomic E-state index is -0.704. The van der Waals surface area contributed by atoms with E-state index >= 15 is 0 Å². The number of ether oxygens (including phenoxy) is 1. The topological polar surface area (TPSA) is 70.6 Å². The highest BCUT2D eigenvalue weighted by molar-refractivity contribution is 5.94. The predicted molar refractivity (Wildman–Crippen MR) is 91.2 cm³/mol. The Bertz CT molecular complexity index is 734. The second kappa shape index (κ2) is 6.17. The summed E-state index contributed by atoms with van der Waals surface area (Å²) in [6.45, 7) is 0. The third-order valence-electron chi connectivity index (χ3n) is 4.78. The van der Waals surface area contributed by atoms with Gasteiger partial charge >= 0.3 is 0 Å². The van der Waals surface area contributed by atoms with E-state index in [0.717, 1.165) is 17.9 Å². The Morgan fingerprint density at radius 1 is 1.08 bits per heavy atom. The number of carbonyl (C=O) groups is 1. The molecule has 124 valence electrons. The normalized spacial score (nSPS) is 27.9. The monoisotopic (exact) mass is 324 g/mol. The van der Waals surface area contributed by atoms with Gasteiger partial charge in [0.2, 0.25) is 0 Å². The first-order valence-electron chi connectivity index (χ1n) is 8.28. The molecule has 1 saturated carbocycles. The van der Waals surface area contributed by atoms with Gasteiger partial charge in [-0.25, -0.2) is 0 Å². The number of amides is 1. The number of aliphatic hydroxyl groups is 1. The van der Waals surface area contributed by atoms with E-state index in [0.29, 0.717) is 12.0 Å². The van der Waals surface area contributed by atoms with E-state index in [1.807, 2.05) is 42.5 Å². The van der Waals surface area contributed by atoms with Gasteiger partial charge in [0.05, 0.1) is 23.9 Å². The summed E-state index contributed by atoms with van der Waals surface area (Å²) in [7, 11) is 0. The van der Waals surface area contributed by atoms with Crippen molar-refractivity contribution in [2.45, 2.75) is 37.1 Å². The van der Waals surface area contributed by atoms with Crippen LogP contribution in [0, 0.1) is 0 Å². The van der Waals surface area contributed by atoms with Crippen molar-refractivity contribution in [3.63, 3.8) is 0 Å². The van der Waals surface area contributed by atoms with Crippen LogP contribution in [0.1, 0.15) is 23.2 Å². The van der Waals surface area contributed by atoms with Gasteiger partial charge in [-0.15, -0.1) is 0 Å². The number of hydrogen-bond acceptors (Lipinski definition) is 4. The van der Waals surface area contributed by atoms with Crippen molar-refractivity contribution in [1.29, 1.82) is 0 Å². The number of fused-ring (bicyclic) bond motifs is 2. The average Bonchev–Trinajstić information content (AvgIpc) is 2.63. The zero-order valence-corrected chi connectivity index (χ0v) is 13.2.